The minimum absolute atomic E-state index is 0.0452. The number of hydrogen-bond donors (Lipinski definition) is 2. The molecule has 0 unspecified atom stereocenters. The van der Waals surface area contributed by atoms with E-state index in [-0.39, 0.29) is 16.8 Å². The molecule has 1 aromatic rings. The Bertz CT molecular complexity index is 741. The van der Waals surface area contributed by atoms with E-state index in [1.54, 1.807) is 6.92 Å². The van der Waals surface area contributed by atoms with Crippen LogP contribution >= 0.6 is 0 Å². The highest BCUT2D eigenvalue weighted by molar-refractivity contribution is 6.03. The van der Waals surface area contributed by atoms with E-state index in [1.165, 1.54) is 0 Å². The first-order valence-electron chi connectivity index (χ1n) is 7.82. The van der Waals surface area contributed by atoms with Crippen LogP contribution in [0.4, 0.5) is 0 Å². The van der Waals surface area contributed by atoms with Gasteiger partial charge in [0.15, 0.2) is 5.78 Å². The van der Waals surface area contributed by atoms with Crippen LogP contribution in [0, 0.1) is 5.41 Å². The molecule has 0 aromatic heterocycles. The second-order valence-electron chi connectivity index (χ2n) is 7.15. The van der Waals surface area contributed by atoms with Crippen LogP contribution in [-0.2, 0) is 9.59 Å². The van der Waals surface area contributed by atoms with E-state index >= 15 is 0 Å². The zero-order valence-corrected chi connectivity index (χ0v) is 13.6. The van der Waals surface area contributed by atoms with Crippen molar-refractivity contribution in [2.45, 2.75) is 39.5 Å². The van der Waals surface area contributed by atoms with E-state index < -0.39 is 11.9 Å². The summed E-state index contributed by atoms with van der Waals surface area (Å²) in [5.41, 5.74) is 3.14. The molecule has 0 bridgehead atoms. The van der Waals surface area contributed by atoms with Gasteiger partial charge in [0, 0.05) is 29.3 Å². The number of carbonyl (C=O) groups excluding carboxylic acids is 1. The second-order valence-corrected chi connectivity index (χ2v) is 7.15. The van der Waals surface area contributed by atoms with E-state index in [9.17, 15) is 14.7 Å². The van der Waals surface area contributed by atoms with Crippen LogP contribution in [0.1, 0.15) is 45.1 Å². The summed E-state index contributed by atoms with van der Waals surface area (Å²) in [5, 5.41) is 12.9. The van der Waals surface area contributed by atoms with Crippen molar-refractivity contribution < 1.29 is 14.7 Å². The molecule has 2 N–H and O–H groups in total. The number of hydrogen-bond acceptors (Lipinski definition) is 3. The van der Waals surface area contributed by atoms with E-state index in [0.717, 1.165) is 17.7 Å². The third-order valence-electron chi connectivity index (χ3n) is 4.60. The maximum Gasteiger partial charge on any atom is 0.334 e. The molecule has 1 heterocycles. The monoisotopic (exact) mass is 311 g/mol. The average molecular weight is 311 g/mol. The molecule has 0 amide bonds. The smallest absolute Gasteiger partial charge is 0.334 e. The molecular formula is C19H21NO3. The number of Topliss-reactive ketones (excluding diaryl/α,β-unsaturated/α-hetero) is 1. The van der Waals surface area contributed by atoms with Gasteiger partial charge in [-0.25, -0.2) is 4.79 Å². The summed E-state index contributed by atoms with van der Waals surface area (Å²) in [6.07, 6.45) is 1.20. The topological polar surface area (TPSA) is 66.4 Å². The molecule has 120 valence electrons. The Labute approximate surface area is 135 Å². The van der Waals surface area contributed by atoms with Crippen molar-refractivity contribution >= 4 is 11.8 Å². The molecule has 0 radical (unpaired) electrons. The van der Waals surface area contributed by atoms with E-state index in [2.05, 4.69) is 19.2 Å². The third kappa shape index (κ3) is 2.69. The highest BCUT2D eigenvalue weighted by Gasteiger charge is 2.42. The van der Waals surface area contributed by atoms with Gasteiger partial charge in [0.1, 0.15) is 0 Å². The fraction of sp³-hybridized carbons (Fsp3) is 0.368. The Morgan fingerprint density at radius 2 is 1.87 bits per heavy atom. The van der Waals surface area contributed by atoms with Crippen molar-refractivity contribution in [3.63, 3.8) is 0 Å². The molecule has 0 saturated heterocycles. The number of benzene rings is 1. The molecule has 23 heavy (non-hydrogen) atoms. The summed E-state index contributed by atoms with van der Waals surface area (Å²) >= 11 is 0. The first-order chi connectivity index (χ1) is 10.8. The van der Waals surface area contributed by atoms with Crippen LogP contribution in [0.3, 0.4) is 0 Å². The number of ketones is 1. The molecule has 4 heteroatoms. The zero-order valence-electron chi connectivity index (χ0n) is 13.6. The van der Waals surface area contributed by atoms with Crippen molar-refractivity contribution in [3.05, 3.63) is 58.4 Å². The van der Waals surface area contributed by atoms with Gasteiger partial charge in [-0.2, -0.15) is 0 Å². The quantitative estimate of drug-likeness (QED) is 0.879. The first kappa shape index (κ1) is 15.5. The largest absolute Gasteiger partial charge is 0.478 e. The summed E-state index contributed by atoms with van der Waals surface area (Å²) in [4.78, 5) is 24.6. The van der Waals surface area contributed by atoms with Gasteiger partial charge >= 0.3 is 5.97 Å². The predicted molar refractivity (Wildman–Crippen MR) is 87.7 cm³/mol. The van der Waals surface area contributed by atoms with E-state index in [0.29, 0.717) is 17.7 Å². The number of dihydropyridines is 1. The van der Waals surface area contributed by atoms with Crippen LogP contribution in [0.25, 0.3) is 0 Å². The zero-order chi connectivity index (χ0) is 16.8. The molecule has 0 saturated carbocycles. The lowest BCUT2D eigenvalue weighted by atomic mass is 9.68. The van der Waals surface area contributed by atoms with Crippen molar-refractivity contribution in [3.8, 4) is 0 Å². The number of rotatable bonds is 2. The highest BCUT2D eigenvalue weighted by atomic mass is 16.4. The number of aliphatic carboxylic acids is 1. The van der Waals surface area contributed by atoms with Crippen LogP contribution in [-0.4, -0.2) is 16.9 Å². The average Bonchev–Trinajstić information content (AvgIpc) is 2.44. The maximum absolute atomic E-state index is 12.8. The van der Waals surface area contributed by atoms with Gasteiger partial charge in [0.05, 0.1) is 5.57 Å². The Hall–Kier alpha value is -2.36. The summed E-state index contributed by atoms with van der Waals surface area (Å²) in [7, 11) is 0. The Morgan fingerprint density at radius 1 is 1.22 bits per heavy atom. The molecule has 0 fully saturated rings. The van der Waals surface area contributed by atoms with Crippen molar-refractivity contribution in [2.24, 2.45) is 5.41 Å². The van der Waals surface area contributed by atoms with Gasteiger partial charge in [0.2, 0.25) is 0 Å². The number of carboxylic acids is 1. The first-order valence-corrected chi connectivity index (χ1v) is 7.82. The minimum Gasteiger partial charge on any atom is -0.478 e. The van der Waals surface area contributed by atoms with Crippen molar-refractivity contribution in [2.75, 3.05) is 0 Å². The van der Waals surface area contributed by atoms with Gasteiger partial charge in [-0.1, -0.05) is 44.2 Å². The van der Waals surface area contributed by atoms with Crippen LogP contribution in [0.2, 0.25) is 0 Å². The Kier molecular flexibility index (Phi) is 3.63. The highest BCUT2D eigenvalue weighted by Crippen LogP contribution is 2.46. The lowest BCUT2D eigenvalue weighted by Crippen LogP contribution is -2.38. The number of allylic oxidation sites excluding steroid dienone is 3. The van der Waals surface area contributed by atoms with Crippen molar-refractivity contribution in [1.82, 2.24) is 5.32 Å². The van der Waals surface area contributed by atoms with Crippen LogP contribution in [0.15, 0.2) is 52.9 Å². The van der Waals surface area contributed by atoms with Gasteiger partial charge in [-0.05, 0) is 24.3 Å². The lowest BCUT2D eigenvalue weighted by molar-refractivity contribution is -0.133. The van der Waals surface area contributed by atoms with Gasteiger partial charge in [-0.3, -0.25) is 4.79 Å². The van der Waals surface area contributed by atoms with Crippen molar-refractivity contribution in [1.29, 1.82) is 0 Å². The summed E-state index contributed by atoms with van der Waals surface area (Å²) < 4.78 is 0. The van der Waals surface area contributed by atoms with Crippen LogP contribution in [0.5, 0.6) is 0 Å². The molecule has 1 aliphatic heterocycles. The maximum atomic E-state index is 12.8. The van der Waals surface area contributed by atoms with Gasteiger partial charge in [0.25, 0.3) is 0 Å². The molecular weight excluding hydrogens is 290 g/mol. The lowest BCUT2D eigenvalue weighted by Gasteiger charge is -2.39. The molecule has 1 atom stereocenters. The Balaban J connectivity index is 2.20. The summed E-state index contributed by atoms with van der Waals surface area (Å²) in [6.45, 7) is 5.91. The van der Waals surface area contributed by atoms with E-state index in [4.69, 9.17) is 0 Å². The fourth-order valence-electron chi connectivity index (χ4n) is 3.70. The van der Waals surface area contributed by atoms with Crippen LogP contribution < -0.4 is 5.32 Å². The summed E-state index contributed by atoms with van der Waals surface area (Å²) in [5.74, 6) is -1.43. The SMILES string of the molecule is CC1=C(C(=O)O)[C@@H](c2ccccc2)C2=C(CC(C)(C)CC2=O)N1. The second kappa shape index (κ2) is 5.37. The molecule has 4 nitrogen and oxygen atoms in total. The minimum atomic E-state index is -0.979. The standard InChI is InChI=1S/C19H21NO3/c1-11-15(18(22)23)16(12-7-5-4-6-8-12)17-13(20-11)9-19(2,3)10-14(17)21/h4-8,16,20H,9-10H2,1-3H3,(H,22,23)/t16-/m1/s1. The molecule has 2 aliphatic rings. The Morgan fingerprint density at radius 3 is 2.48 bits per heavy atom. The molecule has 0 spiro atoms. The van der Waals surface area contributed by atoms with E-state index in [1.807, 2.05) is 30.3 Å². The van der Waals surface area contributed by atoms with Gasteiger partial charge < -0.3 is 10.4 Å². The predicted octanol–water partition coefficient (Wildman–Crippen LogP) is 3.38. The third-order valence-corrected chi connectivity index (χ3v) is 4.60. The molecule has 1 aliphatic carbocycles. The fourth-order valence-corrected chi connectivity index (χ4v) is 3.70. The normalized spacial score (nSPS) is 23.4. The molecule has 3 rings (SSSR count). The van der Waals surface area contributed by atoms with Gasteiger partial charge in [-0.15, -0.1) is 0 Å². The molecule has 1 aromatic carbocycles. The number of carbonyl (C=O) groups is 2. The number of carboxylic acid groups (broad SMARTS) is 1. The number of nitrogens with one attached hydrogen (secondary N) is 1. The summed E-state index contributed by atoms with van der Waals surface area (Å²) in [6, 6.07) is 9.43.